The Hall–Kier alpha value is -1.95. The van der Waals surface area contributed by atoms with Crippen molar-refractivity contribution in [2.24, 2.45) is 5.41 Å². The smallest absolute Gasteiger partial charge is 0.225 e. The van der Waals surface area contributed by atoms with E-state index in [-0.39, 0.29) is 17.4 Å². The number of hydrogen-bond acceptors (Lipinski definition) is 5. The predicted octanol–water partition coefficient (Wildman–Crippen LogP) is 2.40. The third-order valence-electron chi connectivity index (χ3n) is 5.68. The number of carbonyl (C=O) groups is 1. The maximum absolute atomic E-state index is 12.6. The molecule has 6 heteroatoms. The van der Waals surface area contributed by atoms with Gasteiger partial charge in [0.25, 0.3) is 0 Å². The van der Waals surface area contributed by atoms with Crippen LogP contribution in [0, 0.1) is 5.41 Å². The molecular formula is C20H30N4O2. The standard InChI is InChI=1S/C20H30N4O2/c1-2-3-4-5-8-18(26)23-13-6-10-20(15-23)16-24(14-9-17(20)25)19-21-11-7-12-22-19/h2-3,7,11-12,17,25H,4-6,8-10,13-16H2,1H3/t17-,20+/m1/s1. The van der Waals surface area contributed by atoms with Gasteiger partial charge >= 0.3 is 0 Å². The molecule has 2 fully saturated rings. The van der Waals surface area contributed by atoms with Crippen molar-refractivity contribution < 1.29 is 9.90 Å². The van der Waals surface area contributed by atoms with E-state index < -0.39 is 0 Å². The molecule has 3 heterocycles. The number of amides is 1. The Kier molecular flexibility index (Phi) is 6.25. The number of allylic oxidation sites excluding steroid dienone is 2. The molecule has 0 aliphatic carbocycles. The van der Waals surface area contributed by atoms with E-state index in [9.17, 15) is 9.90 Å². The monoisotopic (exact) mass is 358 g/mol. The van der Waals surface area contributed by atoms with E-state index in [1.54, 1.807) is 12.4 Å². The molecular weight excluding hydrogens is 328 g/mol. The van der Waals surface area contributed by atoms with E-state index >= 15 is 0 Å². The number of nitrogens with zero attached hydrogens (tertiary/aromatic N) is 4. The van der Waals surface area contributed by atoms with Crippen LogP contribution in [-0.2, 0) is 4.79 Å². The zero-order valence-corrected chi connectivity index (χ0v) is 15.7. The average Bonchev–Trinajstić information content (AvgIpc) is 2.68. The number of anilines is 1. The van der Waals surface area contributed by atoms with E-state index in [0.29, 0.717) is 31.9 Å². The molecule has 2 aliphatic heterocycles. The topological polar surface area (TPSA) is 69.6 Å². The highest BCUT2D eigenvalue weighted by molar-refractivity contribution is 5.76. The van der Waals surface area contributed by atoms with Crippen molar-refractivity contribution in [2.75, 3.05) is 31.1 Å². The van der Waals surface area contributed by atoms with Gasteiger partial charge in [-0.2, -0.15) is 0 Å². The largest absolute Gasteiger partial charge is 0.392 e. The summed E-state index contributed by atoms with van der Waals surface area (Å²) in [7, 11) is 0. The van der Waals surface area contributed by atoms with Crippen LogP contribution in [0.3, 0.4) is 0 Å². The van der Waals surface area contributed by atoms with Crippen LogP contribution in [0.2, 0.25) is 0 Å². The second-order valence-corrected chi connectivity index (χ2v) is 7.52. The van der Waals surface area contributed by atoms with E-state index in [1.165, 1.54) is 0 Å². The maximum atomic E-state index is 12.6. The number of piperidine rings is 2. The normalized spacial score (nSPS) is 26.6. The van der Waals surface area contributed by atoms with E-state index in [4.69, 9.17) is 0 Å². The van der Waals surface area contributed by atoms with Gasteiger partial charge in [0.15, 0.2) is 0 Å². The van der Waals surface area contributed by atoms with Gasteiger partial charge in [0.1, 0.15) is 0 Å². The third-order valence-corrected chi connectivity index (χ3v) is 5.68. The molecule has 2 atom stereocenters. The van der Waals surface area contributed by atoms with Gasteiger partial charge in [-0.3, -0.25) is 4.79 Å². The van der Waals surface area contributed by atoms with Crippen molar-refractivity contribution in [1.82, 2.24) is 14.9 Å². The lowest BCUT2D eigenvalue weighted by atomic mass is 9.71. The van der Waals surface area contributed by atoms with Crippen molar-refractivity contribution >= 4 is 11.9 Å². The summed E-state index contributed by atoms with van der Waals surface area (Å²) in [4.78, 5) is 25.5. The molecule has 3 rings (SSSR count). The number of aliphatic hydroxyl groups excluding tert-OH is 1. The van der Waals surface area contributed by atoms with Gasteiger partial charge in [0.05, 0.1) is 6.10 Å². The van der Waals surface area contributed by atoms with Crippen LogP contribution in [0.4, 0.5) is 5.95 Å². The van der Waals surface area contributed by atoms with Crippen LogP contribution < -0.4 is 4.90 Å². The first-order valence-corrected chi connectivity index (χ1v) is 9.73. The molecule has 6 nitrogen and oxygen atoms in total. The highest BCUT2D eigenvalue weighted by Crippen LogP contribution is 2.39. The Morgan fingerprint density at radius 2 is 2.15 bits per heavy atom. The summed E-state index contributed by atoms with van der Waals surface area (Å²) in [6.45, 7) is 4.91. The Bertz CT molecular complexity index is 621. The lowest BCUT2D eigenvalue weighted by Gasteiger charge is -2.51. The zero-order valence-electron chi connectivity index (χ0n) is 15.7. The van der Waals surface area contributed by atoms with Crippen molar-refractivity contribution in [3.05, 3.63) is 30.6 Å². The van der Waals surface area contributed by atoms with Crippen LogP contribution in [0.5, 0.6) is 0 Å². The number of aliphatic hydroxyl groups is 1. The van der Waals surface area contributed by atoms with E-state index in [1.807, 2.05) is 24.0 Å². The molecule has 1 aromatic heterocycles. The SMILES string of the molecule is CC=CCCCC(=O)N1CCC[C@]2(C1)CN(c1ncccn1)CC[C@H]2O. The maximum Gasteiger partial charge on any atom is 0.225 e. The minimum Gasteiger partial charge on any atom is -0.392 e. The van der Waals surface area contributed by atoms with E-state index in [2.05, 4.69) is 20.9 Å². The second-order valence-electron chi connectivity index (χ2n) is 7.52. The summed E-state index contributed by atoms with van der Waals surface area (Å²) in [5, 5.41) is 10.8. The summed E-state index contributed by atoms with van der Waals surface area (Å²) in [5.74, 6) is 0.933. The number of likely N-dealkylation sites (tertiary alicyclic amines) is 1. The van der Waals surface area contributed by atoms with Crippen LogP contribution in [0.1, 0.15) is 45.4 Å². The van der Waals surface area contributed by atoms with Crippen molar-refractivity contribution in [1.29, 1.82) is 0 Å². The Morgan fingerprint density at radius 3 is 2.92 bits per heavy atom. The minimum absolute atomic E-state index is 0.217. The average molecular weight is 358 g/mol. The summed E-state index contributed by atoms with van der Waals surface area (Å²) < 4.78 is 0. The molecule has 0 unspecified atom stereocenters. The second kappa shape index (κ2) is 8.62. The molecule has 1 aromatic rings. The number of carbonyl (C=O) groups excluding carboxylic acids is 1. The van der Waals surface area contributed by atoms with Crippen LogP contribution in [0.15, 0.2) is 30.6 Å². The van der Waals surface area contributed by atoms with Crippen LogP contribution in [0.25, 0.3) is 0 Å². The molecule has 1 amide bonds. The fraction of sp³-hybridized carbons (Fsp3) is 0.650. The van der Waals surface area contributed by atoms with Gasteiger partial charge in [0.2, 0.25) is 11.9 Å². The predicted molar refractivity (Wildman–Crippen MR) is 102 cm³/mol. The first-order valence-electron chi connectivity index (χ1n) is 9.73. The third kappa shape index (κ3) is 4.23. The molecule has 0 bridgehead atoms. The first-order chi connectivity index (χ1) is 12.6. The summed E-state index contributed by atoms with van der Waals surface area (Å²) in [5.41, 5.74) is -0.269. The lowest BCUT2D eigenvalue weighted by molar-refractivity contribution is -0.138. The highest BCUT2D eigenvalue weighted by atomic mass is 16.3. The number of hydrogen-bond donors (Lipinski definition) is 1. The molecule has 2 aliphatic rings. The van der Waals surface area contributed by atoms with Crippen molar-refractivity contribution in [3.8, 4) is 0 Å². The number of unbranched alkanes of at least 4 members (excludes halogenated alkanes) is 1. The van der Waals surface area contributed by atoms with E-state index in [0.717, 1.165) is 38.8 Å². The van der Waals surface area contributed by atoms with Crippen molar-refractivity contribution in [2.45, 2.75) is 51.6 Å². The van der Waals surface area contributed by atoms with Crippen LogP contribution in [-0.4, -0.2) is 58.2 Å². The molecule has 0 saturated carbocycles. The summed E-state index contributed by atoms with van der Waals surface area (Å²) >= 11 is 0. The number of rotatable bonds is 5. The fourth-order valence-corrected chi connectivity index (χ4v) is 4.24. The molecule has 2 saturated heterocycles. The Morgan fingerprint density at radius 1 is 1.35 bits per heavy atom. The van der Waals surface area contributed by atoms with Gasteiger partial charge in [-0.1, -0.05) is 12.2 Å². The van der Waals surface area contributed by atoms with Gasteiger partial charge in [-0.15, -0.1) is 0 Å². The Balaban J connectivity index is 1.66. The molecule has 1 spiro atoms. The highest BCUT2D eigenvalue weighted by Gasteiger charge is 2.46. The van der Waals surface area contributed by atoms with Gasteiger partial charge in [-0.25, -0.2) is 9.97 Å². The minimum atomic E-state index is -0.374. The summed E-state index contributed by atoms with van der Waals surface area (Å²) in [6.07, 6.45) is 12.3. The quantitative estimate of drug-likeness (QED) is 0.646. The molecule has 26 heavy (non-hydrogen) atoms. The molecule has 142 valence electrons. The Labute approximate surface area is 155 Å². The van der Waals surface area contributed by atoms with Gasteiger partial charge in [0, 0.05) is 50.4 Å². The molecule has 0 radical (unpaired) electrons. The molecule has 1 N–H and O–H groups in total. The first kappa shape index (κ1) is 18.8. The van der Waals surface area contributed by atoms with Crippen LogP contribution >= 0.6 is 0 Å². The van der Waals surface area contributed by atoms with Gasteiger partial charge < -0.3 is 14.9 Å². The molecule has 0 aromatic carbocycles. The zero-order chi connectivity index (χ0) is 18.4. The fourth-order valence-electron chi connectivity index (χ4n) is 4.24. The summed E-state index contributed by atoms with van der Waals surface area (Å²) in [6, 6.07) is 1.81. The van der Waals surface area contributed by atoms with Gasteiger partial charge in [-0.05, 0) is 45.1 Å². The van der Waals surface area contributed by atoms with Crippen molar-refractivity contribution in [3.63, 3.8) is 0 Å². The lowest BCUT2D eigenvalue weighted by Crippen LogP contribution is -2.60. The number of aromatic nitrogens is 2.